The topological polar surface area (TPSA) is 131 Å². The number of carbonyl (C=O) groups is 2. The lowest BCUT2D eigenvalue weighted by Gasteiger charge is -2.42. The van der Waals surface area contributed by atoms with E-state index in [1.54, 1.807) is 19.9 Å². The number of aryl methyl sites for hydroxylation is 1. The molecule has 1 amide bonds. The summed E-state index contributed by atoms with van der Waals surface area (Å²) in [4.78, 5) is 43.9. The van der Waals surface area contributed by atoms with Gasteiger partial charge in [-0.05, 0) is 48.9 Å². The van der Waals surface area contributed by atoms with Crippen LogP contribution < -0.4 is 10.9 Å². The zero-order valence-electron chi connectivity index (χ0n) is 22.2. The van der Waals surface area contributed by atoms with Gasteiger partial charge in [-0.3, -0.25) is 9.59 Å². The molecule has 4 heterocycles. The van der Waals surface area contributed by atoms with Gasteiger partial charge in [-0.25, -0.2) is 22.9 Å². The van der Waals surface area contributed by atoms with Crippen LogP contribution in [0.25, 0.3) is 22.3 Å². The average Bonchev–Trinajstić information content (AvgIpc) is 3.27. The fourth-order valence-electron chi connectivity index (χ4n) is 6.96. The van der Waals surface area contributed by atoms with Crippen molar-refractivity contribution in [3.63, 3.8) is 0 Å². The van der Waals surface area contributed by atoms with Crippen molar-refractivity contribution in [2.75, 3.05) is 0 Å². The zero-order valence-corrected chi connectivity index (χ0v) is 22.2. The minimum absolute atomic E-state index is 0.0328. The van der Waals surface area contributed by atoms with E-state index in [1.165, 1.54) is 10.6 Å². The van der Waals surface area contributed by atoms with E-state index in [1.807, 2.05) is 0 Å². The van der Waals surface area contributed by atoms with Crippen molar-refractivity contribution in [2.45, 2.75) is 82.3 Å². The van der Waals surface area contributed by atoms with Crippen LogP contribution in [0.2, 0.25) is 0 Å². The summed E-state index contributed by atoms with van der Waals surface area (Å²) in [6.45, 7) is 2.98. The lowest BCUT2D eigenvalue weighted by atomic mass is 9.75. The summed E-state index contributed by atoms with van der Waals surface area (Å²) in [6, 6.07) is 2.09. The van der Waals surface area contributed by atoms with E-state index in [9.17, 15) is 33.4 Å². The predicted octanol–water partition coefficient (Wildman–Crippen LogP) is 2.79. The second-order valence-corrected chi connectivity index (χ2v) is 11.6. The Balaban J connectivity index is 1.43. The van der Waals surface area contributed by atoms with Crippen LogP contribution >= 0.6 is 0 Å². The molecule has 12 heteroatoms. The quantitative estimate of drug-likeness (QED) is 0.324. The number of esters is 1. The lowest BCUT2D eigenvalue weighted by Crippen LogP contribution is -2.61. The standard InChI is InChI=1S/C29H26F3N3O6/c1-3-29(40)16-6-20-23-14(8-35(20)24(36)15(16)9-41-26(29)38)22-18(34-25(37)27(39)10-28(31,32)11-27)5-4-13-12(2)17(30)7-19(33-23)21(13)22/h6-7,18,39-40H,3-5,8-11H2,1-2H3,(H,34,37)/t18-,29-/m0/s1. The summed E-state index contributed by atoms with van der Waals surface area (Å²) in [5.41, 5.74) is -1.21. The van der Waals surface area contributed by atoms with Crippen molar-refractivity contribution in [1.82, 2.24) is 14.9 Å². The van der Waals surface area contributed by atoms with Crippen molar-refractivity contribution in [3.8, 4) is 11.4 Å². The molecule has 3 aromatic rings. The number of fused-ring (bicyclic) bond motifs is 5. The molecule has 4 aliphatic rings. The maximum atomic E-state index is 15.0. The molecule has 1 aromatic carbocycles. The number of alkyl halides is 2. The van der Waals surface area contributed by atoms with Gasteiger partial charge in [0.25, 0.3) is 17.4 Å². The second-order valence-electron chi connectivity index (χ2n) is 11.6. The van der Waals surface area contributed by atoms with Crippen molar-refractivity contribution in [3.05, 3.63) is 61.7 Å². The van der Waals surface area contributed by atoms with Gasteiger partial charge in [-0.1, -0.05) is 6.92 Å². The van der Waals surface area contributed by atoms with Gasteiger partial charge in [0.15, 0.2) is 11.2 Å². The second kappa shape index (κ2) is 8.16. The van der Waals surface area contributed by atoms with E-state index in [0.717, 1.165) is 0 Å². The highest BCUT2D eigenvalue weighted by Crippen LogP contribution is 2.48. The maximum Gasteiger partial charge on any atom is 0.343 e. The first-order chi connectivity index (χ1) is 19.3. The van der Waals surface area contributed by atoms with E-state index < -0.39 is 59.3 Å². The normalized spacial score (nSPS) is 24.7. The fraction of sp³-hybridized carbons (Fsp3) is 0.448. The first-order valence-corrected chi connectivity index (χ1v) is 13.5. The van der Waals surface area contributed by atoms with E-state index in [0.29, 0.717) is 51.9 Å². The number of amides is 1. The number of nitrogens with one attached hydrogen (secondary N) is 1. The summed E-state index contributed by atoms with van der Waals surface area (Å²) in [7, 11) is 0. The number of rotatable bonds is 3. The van der Waals surface area contributed by atoms with Crippen molar-refractivity contribution in [2.24, 2.45) is 0 Å². The van der Waals surface area contributed by atoms with Crippen LogP contribution in [-0.2, 0) is 39.5 Å². The van der Waals surface area contributed by atoms with Gasteiger partial charge >= 0.3 is 5.97 Å². The molecule has 0 spiro atoms. The van der Waals surface area contributed by atoms with Gasteiger partial charge in [-0.15, -0.1) is 0 Å². The van der Waals surface area contributed by atoms with Crippen LogP contribution in [-0.4, -0.2) is 43.2 Å². The first-order valence-electron chi connectivity index (χ1n) is 13.5. The van der Waals surface area contributed by atoms with Crippen LogP contribution in [0.15, 0.2) is 16.9 Å². The molecule has 1 fully saturated rings. The zero-order chi connectivity index (χ0) is 29.2. The molecule has 3 N–H and O–H groups in total. The number of benzene rings is 1. The Kier molecular flexibility index (Phi) is 5.20. The van der Waals surface area contributed by atoms with Gasteiger partial charge in [-0.2, -0.15) is 0 Å². The van der Waals surface area contributed by atoms with Crippen molar-refractivity contribution in [1.29, 1.82) is 0 Å². The molecule has 7 rings (SSSR count). The molecule has 0 saturated heterocycles. The molecular weight excluding hydrogens is 543 g/mol. The largest absolute Gasteiger partial charge is 0.458 e. The van der Waals surface area contributed by atoms with E-state index in [4.69, 9.17) is 9.72 Å². The third kappa shape index (κ3) is 3.43. The molecule has 2 aromatic heterocycles. The van der Waals surface area contributed by atoms with Gasteiger partial charge in [0.2, 0.25) is 0 Å². The average molecular weight is 570 g/mol. The number of nitrogens with zero attached hydrogens (tertiary/aromatic N) is 2. The monoisotopic (exact) mass is 569 g/mol. The number of carbonyl (C=O) groups excluding carboxylic acids is 2. The van der Waals surface area contributed by atoms with E-state index in [2.05, 4.69) is 5.32 Å². The Morgan fingerprint density at radius 3 is 2.61 bits per heavy atom. The number of hydrogen-bond acceptors (Lipinski definition) is 7. The molecule has 0 bridgehead atoms. The van der Waals surface area contributed by atoms with Gasteiger partial charge in [0.05, 0.1) is 35.1 Å². The van der Waals surface area contributed by atoms with E-state index >= 15 is 4.39 Å². The smallest absolute Gasteiger partial charge is 0.343 e. The number of pyridine rings is 2. The van der Waals surface area contributed by atoms with Crippen LogP contribution in [0.3, 0.4) is 0 Å². The molecule has 0 radical (unpaired) electrons. The number of hydrogen-bond donors (Lipinski definition) is 3. The molecule has 2 aliphatic heterocycles. The Morgan fingerprint density at radius 1 is 1.20 bits per heavy atom. The van der Waals surface area contributed by atoms with E-state index in [-0.39, 0.29) is 36.2 Å². The van der Waals surface area contributed by atoms with Crippen LogP contribution in [0.4, 0.5) is 13.2 Å². The SMILES string of the molecule is CC[C@@]1(O)C(=O)OCc2c1cc1n(c2=O)Cc2c-1nc1cc(F)c(C)c3c1c2[C@@H](NC(=O)C1(O)CC(F)(F)C1)CC3. The number of ether oxygens (including phenoxy) is 1. The Labute approximate surface area is 231 Å². The minimum Gasteiger partial charge on any atom is -0.458 e. The lowest BCUT2D eigenvalue weighted by molar-refractivity contribution is -0.208. The van der Waals surface area contributed by atoms with Crippen molar-refractivity contribution >= 4 is 22.8 Å². The number of aromatic nitrogens is 2. The first kappa shape index (κ1) is 26.1. The summed E-state index contributed by atoms with van der Waals surface area (Å²) >= 11 is 0. The minimum atomic E-state index is -3.13. The van der Waals surface area contributed by atoms with Crippen LogP contribution in [0.1, 0.15) is 72.0 Å². The Morgan fingerprint density at radius 2 is 1.93 bits per heavy atom. The summed E-state index contributed by atoms with van der Waals surface area (Å²) in [5.74, 6) is -5.37. The Hall–Kier alpha value is -3.77. The Bertz CT molecular complexity index is 1790. The summed E-state index contributed by atoms with van der Waals surface area (Å²) in [6.07, 6.45) is -1.30. The molecule has 1 saturated carbocycles. The fourth-order valence-corrected chi connectivity index (χ4v) is 6.96. The van der Waals surface area contributed by atoms with Crippen LogP contribution in [0.5, 0.6) is 0 Å². The third-order valence-corrected chi connectivity index (χ3v) is 9.21. The summed E-state index contributed by atoms with van der Waals surface area (Å²) in [5, 5.41) is 25.1. The van der Waals surface area contributed by atoms with Gasteiger partial charge in [0, 0.05) is 35.4 Å². The maximum absolute atomic E-state index is 15.0. The van der Waals surface area contributed by atoms with Crippen LogP contribution in [0, 0.1) is 12.7 Å². The molecule has 2 aliphatic carbocycles. The number of halogens is 3. The molecular formula is C29H26F3N3O6. The van der Waals surface area contributed by atoms with Gasteiger partial charge < -0.3 is 24.8 Å². The van der Waals surface area contributed by atoms with Crippen molar-refractivity contribution < 1.29 is 37.7 Å². The molecule has 9 nitrogen and oxygen atoms in total. The van der Waals surface area contributed by atoms with Gasteiger partial charge in [0.1, 0.15) is 12.4 Å². The summed E-state index contributed by atoms with van der Waals surface area (Å²) < 4.78 is 48.7. The highest BCUT2D eigenvalue weighted by Gasteiger charge is 2.60. The number of cyclic esters (lactones) is 1. The predicted molar refractivity (Wildman–Crippen MR) is 138 cm³/mol. The molecule has 0 unspecified atom stereocenters. The third-order valence-electron chi connectivity index (χ3n) is 9.21. The molecule has 2 atom stereocenters. The highest BCUT2D eigenvalue weighted by molar-refractivity contribution is 5.94. The number of aliphatic hydroxyl groups is 2. The molecule has 41 heavy (non-hydrogen) atoms. The highest BCUT2D eigenvalue weighted by atomic mass is 19.3. The molecule has 214 valence electrons.